The fraction of sp³-hybridized carbons (Fsp3) is 0.250. The third-order valence-electron chi connectivity index (χ3n) is 1.15. The van der Waals surface area contributed by atoms with E-state index in [0.717, 1.165) is 12.7 Å². The molecule has 0 unspecified atom stereocenters. The zero-order chi connectivity index (χ0) is 9.40. The largest absolute Gasteiger partial charge is 0.400 e. The summed E-state index contributed by atoms with van der Waals surface area (Å²) < 4.78 is 20.4. The number of benzene rings is 1. The van der Waals surface area contributed by atoms with Crippen molar-refractivity contribution in [2.75, 3.05) is 7.11 Å². The van der Waals surface area contributed by atoms with Gasteiger partial charge in [-0.05, 0) is 5.56 Å². The van der Waals surface area contributed by atoms with E-state index in [1.54, 1.807) is 12.1 Å². The number of hydrogen-bond donors (Lipinski definition) is 2. The smallest absolute Gasteiger partial charge is 0.144 e. The van der Waals surface area contributed by atoms with Crippen LogP contribution in [0.4, 0.5) is 0 Å². The summed E-state index contributed by atoms with van der Waals surface area (Å²) in [7, 11) is -1.28. The summed E-state index contributed by atoms with van der Waals surface area (Å²) in [4.78, 5) is 0. The highest BCUT2D eigenvalue weighted by atomic mass is 32.2. The zero-order valence-electron chi connectivity index (χ0n) is 6.80. The minimum absolute atomic E-state index is 0.149. The van der Waals surface area contributed by atoms with Crippen LogP contribution in [0.25, 0.3) is 0 Å². The van der Waals surface area contributed by atoms with Crippen LogP contribution in [0.1, 0.15) is 5.56 Å². The van der Waals surface area contributed by atoms with Crippen LogP contribution in [0, 0.1) is 0 Å². The molecule has 0 bridgehead atoms. The third-order valence-corrected chi connectivity index (χ3v) is 1.78. The van der Waals surface area contributed by atoms with Gasteiger partial charge in [0, 0.05) is 7.11 Å². The van der Waals surface area contributed by atoms with Gasteiger partial charge in [-0.25, -0.2) is 8.42 Å². The molecule has 0 aliphatic rings. The number of aliphatic hydroxyl groups is 1. The lowest BCUT2D eigenvalue weighted by molar-refractivity contribution is 0.399. The maximum absolute atomic E-state index is 10.2. The highest BCUT2D eigenvalue weighted by Gasteiger charge is 1.89. The fourth-order valence-corrected chi connectivity index (χ4v) is 1.24. The summed E-state index contributed by atoms with van der Waals surface area (Å²) in [5.41, 5.74) is 0.846. The average Bonchev–Trinajstić information content (AvgIpc) is 2.08. The maximum Gasteiger partial charge on any atom is 0.144 e. The quantitative estimate of drug-likeness (QED) is 0.661. The van der Waals surface area contributed by atoms with E-state index in [0.29, 0.717) is 0 Å². The lowest BCUT2D eigenvalue weighted by atomic mass is 10.2. The highest BCUT2D eigenvalue weighted by molar-refractivity contribution is 7.71. The van der Waals surface area contributed by atoms with Crippen molar-refractivity contribution in [2.24, 2.45) is 0 Å². The van der Waals surface area contributed by atoms with Crippen molar-refractivity contribution in [3.8, 4) is 0 Å². The van der Waals surface area contributed by atoms with Crippen LogP contribution in [0.15, 0.2) is 30.3 Å². The third kappa shape index (κ3) is 4.87. The number of aliphatic hydroxyl groups excluding tert-OH is 1. The molecular weight excluding hydrogens is 176 g/mol. The number of hydrogen-bond acceptors (Lipinski definition) is 3. The molecule has 0 aromatic heterocycles. The highest BCUT2D eigenvalue weighted by Crippen LogP contribution is 1.98. The maximum atomic E-state index is 10.2. The van der Waals surface area contributed by atoms with Crippen LogP contribution in [0.2, 0.25) is 0 Å². The minimum Gasteiger partial charge on any atom is -0.400 e. The Hall–Kier alpha value is -0.870. The molecule has 0 spiro atoms. The van der Waals surface area contributed by atoms with Gasteiger partial charge in [0.05, 0.1) is 5.75 Å². The Kier molecular flexibility index (Phi) is 6.32. The fourth-order valence-electron chi connectivity index (χ4n) is 0.732. The van der Waals surface area contributed by atoms with Gasteiger partial charge in [-0.15, -0.1) is 0 Å². The summed E-state index contributed by atoms with van der Waals surface area (Å²) in [6.07, 6.45) is 0. The average molecular weight is 188 g/mol. The van der Waals surface area contributed by atoms with Crippen LogP contribution >= 0.6 is 0 Å². The zero-order valence-corrected chi connectivity index (χ0v) is 7.70. The molecule has 0 amide bonds. The van der Waals surface area contributed by atoms with Gasteiger partial charge in [-0.1, -0.05) is 30.3 Å². The Labute approximate surface area is 73.6 Å². The molecule has 0 aliphatic carbocycles. The van der Waals surface area contributed by atoms with Crippen molar-refractivity contribution in [3.05, 3.63) is 35.9 Å². The van der Waals surface area contributed by atoms with E-state index in [4.69, 9.17) is 5.11 Å². The first-order chi connectivity index (χ1) is 5.79. The Morgan fingerprint density at radius 3 is 2.08 bits per heavy atom. The lowest BCUT2D eigenvalue weighted by Gasteiger charge is -1.90. The summed E-state index contributed by atoms with van der Waals surface area (Å²) in [5.74, 6) is 0.149. The van der Waals surface area contributed by atoms with E-state index in [1.165, 1.54) is 0 Å². The van der Waals surface area contributed by atoms with E-state index < -0.39 is 10.7 Å². The second kappa shape index (κ2) is 6.82. The summed E-state index contributed by atoms with van der Waals surface area (Å²) >= 11 is 0. The predicted octanol–water partition coefficient (Wildman–Crippen LogP) is 0.407. The molecule has 1 rings (SSSR count). The first-order valence-corrected chi connectivity index (χ1v) is 4.76. The first kappa shape index (κ1) is 11.1. The van der Waals surface area contributed by atoms with E-state index in [1.807, 2.05) is 18.2 Å². The second-order valence-corrected chi connectivity index (χ2v) is 2.96. The molecule has 1 N–H and O–H groups in total. The SMILES string of the molecule is CO.O=[SH](=O)Cc1ccccc1. The van der Waals surface area contributed by atoms with Crippen molar-refractivity contribution in [3.63, 3.8) is 0 Å². The van der Waals surface area contributed by atoms with Crippen LogP contribution in [0.5, 0.6) is 0 Å². The van der Waals surface area contributed by atoms with Crippen molar-refractivity contribution in [2.45, 2.75) is 5.75 Å². The monoisotopic (exact) mass is 188 g/mol. The standard InChI is InChI=1S/C7H8O2S.CH4O/c8-10(9)6-7-4-2-1-3-5-7;1-2/h1-5,10H,6H2;2H,1H3. The number of thiol groups is 1. The first-order valence-electron chi connectivity index (χ1n) is 3.39. The van der Waals surface area contributed by atoms with E-state index in [2.05, 4.69) is 0 Å². The van der Waals surface area contributed by atoms with E-state index in [-0.39, 0.29) is 5.75 Å². The molecule has 0 saturated heterocycles. The van der Waals surface area contributed by atoms with Gasteiger partial charge in [-0.3, -0.25) is 0 Å². The molecule has 12 heavy (non-hydrogen) atoms. The Balaban J connectivity index is 0.000000561. The van der Waals surface area contributed by atoms with Crippen LogP contribution in [-0.2, 0) is 16.5 Å². The molecule has 1 aromatic rings. The number of rotatable bonds is 2. The second-order valence-electron chi connectivity index (χ2n) is 1.98. The molecule has 1 aromatic carbocycles. The van der Waals surface area contributed by atoms with Gasteiger partial charge in [0.2, 0.25) is 0 Å². The van der Waals surface area contributed by atoms with Gasteiger partial charge >= 0.3 is 0 Å². The van der Waals surface area contributed by atoms with E-state index >= 15 is 0 Å². The van der Waals surface area contributed by atoms with Crippen molar-refractivity contribution >= 4 is 10.7 Å². The van der Waals surface area contributed by atoms with Crippen LogP contribution in [-0.4, -0.2) is 20.6 Å². The van der Waals surface area contributed by atoms with Crippen molar-refractivity contribution in [1.29, 1.82) is 0 Å². The van der Waals surface area contributed by atoms with Gasteiger partial charge in [-0.2, -0.15) is 0 Å². The van der Waals surface area contributed by atoms with Crippen LogP contribution < -0.4 is 0 Å². The molecule has 0 heterocycles. The van der Waals surface area contributed by atoms with Crippen LogP contribution in [0.3, 0.4) is 0 Å². The van der Waals surface area contributed by atoms with Crippen molar-refractivity contribution < 1.29 is 13.5 Å². The summed E-state index contributed by atoms with van der Waals surface area (Å²) in [5, 5.41) is 7.00. The Morgan fingerprint density at radius 2 is 1.67 bits per heavy atom. The van der Waals surface area contributed by atoms with Gasteiger partial charge in [0.25, 0.3) is 0 Å². The summed E-state index contributed by atoms with van der Waals surface area (Å²) in [6.45, 7) is 0. The van der Waals surface area contributed by atoms with E-state index in [9.17, 15) is 8.42 Å². The molecule has 0 fully saturated rings. The molecular formula is C8H12O3S. The Bertz CT molecular complexity index is 259. The molecule has 0 radical (unpaired) electrons. The van der Waals surface area contributed by atoms with Gasteiger partial charge < -0.3 is 5.11 Å². The summed E-state index contributed by atoms with van der Waals surface area (Å²) in [6, 6.07) is 9.11. The van der Waals surface area contributed by atoms with Gasteiger partial charge in [0.15, 0.2) is 0 Å². The topological polar surface area (TPSA) is 54.4 Å². The molecule has 0 saturated carbocycles. The molecule has 0 aliphatic heterocycles. The minimum atomic E-state index is -2.28. The molecule has 4 heteroatoms. The predicted molar refractivity (Wildman–Crippen MR) is 48.6 cm³/mol. The molecule has 0 atom stereocenters. The normalized spacial score (nSPS) is 8.92. The van der Waals surface area contributed by atoms with Crippen molar-refractivity contribution in [1.82, 2.24) is 0 Å². The van der Waals surface area contributed by atoms with Gasteiger partial charge in [0.1, 0.15) is 10.7 Å². The Morgan fingerprint density at radius 1 is 1.17 bits per heavy atom. The molecule has 68 valence electrons. The molecule has 3 nitrogen and oxygen atoms in total. The lowest BCUT2D eigenvalue weighted by Crippen LogP contribution is -1.83.